The molecule has 3 rings (SSSR count). The van der Waals surface area contributed by atoms with E-state index in [1.165, 1.54) is 42.0 Å². The average molecular weight is 295 g/mol. The number of carbonyl (C=O) groups is 1. The normalized spacial score (nSPS) is 21.6. The van der Waals surface area contributed by atoms with E-state index in [1.807, 2.05) is 0 Å². The van der Waals surface area contributed by atoms with E-state index in [9.17, 15) is 0 Å². The summed E-state index contributed by atoms with van der Waals surface area (Å²) in [6.45, 7) is 2.09. The van der Waals surface area contributed by atoms with E-state index in [0.717, 1.165) is 18.3 Å². The third kappa shape index (κ3) is 3.67. The zero-order valence-corrected chi connectivity index (χ0v) is 12.6. The number of hydrogen-bond donors (Lipinski definition) is 1. The van der Waals surface area contributed by atoms with Crippen molar-refractivity contribution in [3.63, 3.8) is 0 Å². The third-order valence-electron chi connectivity index (χ3n) is 3.88. The van der Waals surface area contributed by atoms with Crippen molar-refractivity contribution >= 4 is 18.2 Å². The van der Waals surface area contributed by atoms with Gasteiger partial charge in [-0.15, -0.1) is 0 Å². The molecule has 0 spiro atoms. The van der Waals surface area contributed by atoms with Gasteiger partial charge in [0.05, 0.1) is 7.11 Å². The first-order valence-electron chi connectivity index (χ1n) is 6.84. The fourth-order valence-corrected chi connectivity index (χ4v) is 4.05. The van der Waals surface area contributed by atoms with Gasteiger partial charge in [0.25, 0.3) is 6.47 Å². The van der Waals surface area contributed by atoms with E-state index in [0.29, 0.717) is 0 Å². The minimum absolute atomic E-state index is 0.250. The van der Waals surface area contributed by atoms with Gasteiger partial charge in [0.2, 0.25) is 0 Å². The van der Waals surface area contributed by atoms with Gasteiger partial charge in [0, 0.05) is 24.9 Å². The summed E-state index contributed by atoms with van der Waals surface area (Å²) in [4.78, 5) is 11.0. The number of nitrogens with zero attached hydrogens (tertiary/aromatic N) is 1. The van der Waals surface area contributed by atoms with E-state index in [4.69, 9.17) is 14.6 Å². The maximum absolute atomic E-state index is 8.36. The predicted octanol–water partition coefficient (Wildman–Crippen LogP) is 2.26. The van der Waals surface area contributed by atoms with Crippen LogP contribution in [0.15, 0.2) is 18.2 Å². The quantitative estimate of drug-likeness (QED) is 0.848. The zero-order chi connectivity index (χ0) is 14.4. The van der Waals surface area contributed by atoms with Crippen molar-refractivity contribution in [3.8, 4) is 5.75 Å². The van der Waals surface area contributed by atoms with Gasteiger partial charge in [-0.2, -0.15) is 11.8 Å². The Bertz CT molecular complexity index is 447. The maximum Gasteiger partial charge on any atom is 0.290 e. The molecule has 0 radical (unpaired) electrons. The van der Waals surface area contributed by atoms with E-state index < -0.39 is 0 Å². The van der Waals surface area contributed by atoms with Gasteiger partial charge < -0.3 is 9.84 Å². The zero-order valence-electron chi connectivity index (χ0n) is 11.7. The second kappa shape index (κ2) is 7.55. The molecule has 0 aliphatic carbocycles. The van der Waals surface area contributed by atoms with Gasteiger partial charge in [-0.05, 0) is 41.9 Å². The molecule has 2 aliphatic heterocycles. The Hall–Kier alpha value is -1.20. The van der Waals surface area contributed by atoms with Crippen molar-refractivity contribution in [1.82, 2.24) is 4.90 Å². The van der Waals surface area contributed by atoms with Gasteiger partial charge in [-0.1, -0.05) is 6.07 Å². The molecule has 1 aromatic rings. The Morgan fingerprint density at radius 3 is 2.90 bits per heavy atom. The molecule has 2 aliphatic rings. The number of carboxylic acid groups (broad SMARTS) is 1. The van der Waals surface area contributed by atoms with Crippen molar-refractivity contribution < 1.29 is 14.6 Å². The van der Waals surface area contributed by atoms with Gasteiger partial charge in [0.1, 0.15) is 5.75 Å². The molecule has 2 heterocycles. The fourth-order valence-electron chi connectivity index (χ4n) is 2.80. The van der Waals surface area contributed by atoms with E-state index in [2.05, 4.69) is 34.9 Å². The Balaban J connectivity index is 0.000000452. The lowest BCUT2D eigenvalue weighted by Gasteiger charge is -2.33. The summed E-state index contributed by atoms with van der Waals surface area (Å²) in [6, 6.07) is 7.35. The van der Waals surface area contributed by atoms with Crippen molar-refractivity contribution in [2.75, 3.05) is 25.2 Å². The molecule has 1 saturated heterocycles. The molecular formula is C15H21NO3S. The number of hydrogen-bond acceptors (Lipinski definition) is 4. The highest BCUT2D eigenvalue weighted by Crippen LogP contribution is 2.29. The lowest BCUT2D eigenvalue weighted by atomic mass is 9.98. The van der Waals surface area contributed by atoms with Crippen molar-refractivity contribution in [2.24, 2.45) is 0 Å². The molecule has 110 valence electrons. The second-order valence-electron chi connectivity index (χ2n) is 4.98. The monoisotopic (exact) mass is 295 g/mol. The summed E-state index contributed by atoms with van der Waals surface area (Å²) < 4.78 is 5.29. The van der Waals surface area contributed by atoms with Gasteiger partial charge in [-0.25, -0.2) is 0 Å². The molecule has 1 N–H and O–H groups in total. The highest BCUT2D eigenvalue weighted by atomic mass is 32.2. The largest absolute Gasteiger partial charge is 0.497 e. The van der Waals surface area contributed by atoms with E-state index in [-0.39, 0.29) is 6.47 Å². The van der Waals surface area contributed by atoms with Crippen LogP contribution in [0.1, 0.15) is 17.5 Å². The molecule has 0 bridgehead atoms. The minimum Gasteiger partial charge on any atom is -0.497 e. The highest BCUT2D eigenvalue weighted by Gasteiger charge is 2.26. The van der Waals surface area contributed by atoms with E-state index >= 15 is 0 Å². The number of rotatable bonds is 2. The van der Waals surface area contributed by atoms with Crippen LogP contribution < -0.4 is 4.74 Å². The molecule has 0 aromatic heterocycles. The van der Waals surface area contributed by atoms with Crippen LogP contribution in [0.2, 0.25) is 0 Å². The smallest absolute Gasteiger partial charge is 0.290 e. The topological polar surface area (TPSA) is 49.8 Å². The van der Waals surface area contributed by atoms with Crippen LogP contribution in [-0.2, 0) is 17.8 Å². The standard InChI is InChI=1S/C14H19NOS.CH2O2/c1-16-14-3-2-12-9-15(6-4-11(12)8-14)13-5-7-17-10-13;2-1-3/h2-3,8,13H,4-7,9-10H2,1H3;1H,(H,2,3). The number of thioether (sulfide) groups is 1. The molecule has 20 heavy (non-hydrogen) atoms. The predicted molar refractivity (Wildman–Crippen MR) is 81.5 cm³/mol. The molecule has 1 aromatic carbocycles. The molecular weight excluding hydrogens is 274 g/mol. The van der Waals surface area contributed by atoms with Gasteiger partial charge >= 0.3 is 0 Å². The lowest BCUT2D eigenvalue weighted by Crippen LogP contribution is -2.39. The summed E-state index contributed by atoms with van der Waals surface area (Å²) in [7, 11) is 1.74. The fraction of sp³-hybridized carbons (Fsp3) is 0.533. The second-order valence-corrected chi connectivity index (χ2v) is 6.13. The highest BCUT2D eigenvalue weighted by molar-refractivity contribution is 7.99. The summed E-state index contributed by atoms with van der Waals surface area (Å²) >= 11 is 2.10. The molecule has 0 amide bonds. The lowest BCUT2D eigenvalue weighted by molar-refractivity contribution is -0.122. The van der Waals surface area contributed by atoms with Crippen LogP contribution >= 0.6 is 11.8 Å². The Labute approximate surface area is 124 Å². The third-order valence-corrected chi connectivity index (χ3v) is 5.02. The van der Waals surface area contributed by atoms with Gasteiger partial charge in [0.15, 0.2) is 0 Å². The average Bonchev–Trinajstić information content (AvgIpc) is 3.01. The molecule has 1 fully saturated rings. The Kier molecular flexibility index (Phi) is 5.73. The van der Waals surface area contributed by atoms with Crippen LogP contribution in [0.5, 0.6) is 5.75 Å². The van der Waals surface area contributed by atoms with Crippen LogP contribution in [0.25, 0.3) is 0 Å². The van der Waals surface area contributed by atoms with Crippen molar-refractivity contribution in [3.05, 3.63) is 29.3 Å². The number of methoxy groups -OCH3 is 1. The van der Waals surface area contributed by atoms with Crippen molar-refractivity contribution in [1.29, 1.82) is 0 Å². The van der Waals surface area contributed by atoms with Crippen LogP contribution in [0.3, 0.4) is 0 Å². The first kappa shape index (κ1) is 15.2. The summed E-state index contributed by atoms with van der Waals surface area (Å²) in [6.07, 6.45) is 2.55. The maximum atomic E-state index is 8.36. The van der Waals surface area contributed by atoms with Crippen molar-refractivity contribution in [2.45, 2.75) is 25.4 Å². The number of benzene rings is 1. The molecule has 5 heteroatoms. The molecule has 4 nitrogen and oxygen atoms in total. The van der Waals surface area contributed by atoms with Crippen LogP contribution in [0.4, 0.5) is 0 Å². The Morgan fingerprint density at radius 1 is 1.45 bits per heavy atom. The summed E-state index contributed by atoms with van der Waals surface area (Å²) in [5, 5.41) is 6.89. The number of ether oxygens (including phenoxy) is 1. The molecule has 1 atom stereocenters. The minimum atomic E-state index is -0.250. The number of fused-ring (bicyclic) bond motifs is 1. The van der Waals surface area contributed by atoms with Crippen LogP contribution in [0, 0.1) is 0 Å². The summed E-state index contributed by atoms with van der Waals surface area (Å²) in [5.74, 6) is 3.66. The van der Waals surface area contributed by atoms with E-state index in [1.54, 1.807) is 7.11 Å². The SMILES string of the molecule is COc1ccc2c(c1)CCN(C1CCSC1)C2.O=CO. The molecule has 0 saturated carbocycles. The first-order valence-corrected chi connectivity index (χ1v) is 7.99. The van der Waals surface area contributed by atoms with Gasteiger partial charge in [-0.3, -0.25) is 9.69 Å². The van der Waals surface area contributed by atoms with Crippen LogP contribution in [-0.4, -0.2) is 47.7 Å². The first-order chi connectivity index (χ1) is 9.78. The Morgan fingerprint density at radius 2 is 2.25 bits per heavy atom. The molecule has 1 unspecified atom stereocenters. The summed E-state index contributed by atoms with van der Waals surface area (Å²) in [5.41, 5.74) is 2.97.